The number of hydrogen-bond acceptors (Lipinski definition) is 2. The SMILES string of the molecule is [C-]#[N+]c1ccc(N(CC)c2cc(-c3nn(C)cc3C)ccc2C)cc1Cl. The number of aromatic nitrogens is 2. The first-order valence-corrected chi connectivity index (χ1v) is 8.88. The van der Waals surface area contributed by atoms with Crippen molar-refractivity contribution in [2.24, 2.45) is 7.05 Å². The largest absolute Gasteiger partial charge is 0.342 e. The Hall–Kier alpha value is -2.77. The molecule has 0 fully saturated rings. The third-order valence-electron chi connectivity index (χ3n) is 4.46. The minimum Gasteiger partial charge on any atom is -0.342 e. The molecule has 3 rings (SSSR count). The highest BCUT2D eigenvalue weighted by atomic mass is 35.5. The number of hydrogen-bond donors (Lipinski definition) is 0. The van der Waals surface area contributed by atoms with Crippen LogP contribution in [0.3, 0.4) is 0 Å². The van der Waals surface area contributed by atoms with Crippen LogP contribution in [-0.4, -0.2) is 16.3 Å². The first-order valence-electron chi connectivity index (χ1n) is 8.50. The van der Waals surface area contributed by atoms with E-state index in [1.54, 1.807) is 6.07 Å². The third kappa shape index (κ3) is 3.31. The van der Waals surface area contributed by atoms with Gasteiger partial charge in [0, 0.05) is 41.8 Å². The normalized spacial score (nSPS) is 10.6. The van der Waals surface area contributed by atoms with Crippen LogP contribution in [0.25, 0.3) is 16.1 Å². The minimum atomic E-state index is 0.473. The van der Waals surface area contributed by atoms with Crippen LogP contribution < -0.4 is 4.90 Å². The highest BCUT2D eigenvalue weighted by molar-refractivity contribution is 6.33. The van der Waals surface area contributed by atoms with Gasteiger partial charge in [0.2, 0.25) is 5.69 Å². The first-order chi connectivity index (χ1) is 12.4. The van der Waals surface area contributed by atoms with Gasteiger partial charge in [-0.25, -0.2) is 4.85 Å². The highest BCUT2D eigenvalue weighted by Crippen LogP contribution is 2.36. The molecule has 1 heterocycles. The van der Waals surface area contributed by atoms with E-state index in [9.17, 15) is 0 Å². The van der Waals surface area contributed by atoms with Crippen molar-refractivity contribution in [1.82, 2.24) is 9.78 Å². The van der Waals surface area contributed by atoms with Crippen molar-refractivity contribution in [3.8, 4) is 11.3 Å². The molecule has 0 radical (unpaired) electrons. The summed E-state index contributed by atoms with van der Waals surface area (Å²) in [7, 11) is 1.94. The van der Waals surface area contributed by atoms with Crippen LogP contribution in [0.5, 0.6) is 0 Å². The van der Waals surface area contributed by atoms with Gasteiger partial charge in [-0.2, -0.15) is 5.10 Å². The molecule has 0 bridgehead atoms. The van der Waals surface area contributed by atoms with Gasteiger partial charge in [-0.05, 0) is 50.1 Å². The lowest BCUT2D eigenvalue weighted by molar-refractivity contribution is 0.770. The number of halogens is 1. The van der Waals surface area contributed by atoms with E-state index in [0.29, 0.717) is 10.7 Å². The highest BCUT2D eigenvalue weighted by Gasteiger charge is 2.15. The summed E-state index contributed by atoms with van der Waals surface area (Å²) in [5.41, 5.74) is 6.97. The maximum Gasteiger partial charge on any atom is 0.205 e. The van der Waals surface area contributed by atoms with Crippen molar-refractivity contribution in [1.29, 1.82) is 0 Å². The fraction of sp³-hybridized carbons (Fsp3) is 0.238. The molecular weight excluding hydrogens is 344 g/mol. The molecule has 26 heavy (non-hydrogen) atoms. The Morgan fingerprint density at radius 3 is 2.50 bits per heavy atom. The zero-order valence-corrected chi connectivity index (χ0v) is 16.2. The number of rotatable bonds is 4. The van der Waals surface area contributed by atoms with Gasteiger partial charge in [0.1, 0.15) is 0 Å². The zero-order chi connectivity index (χ0) is 18.8. The number of anilines is 2. The van der Waals surface area contributed by atoms with Crippen LogP contribution in [0, 0.1) is 20.4 Å². The third-order valence-corrected chi connectivity index (χ3v) is 4.77. The topological polar surface area (TPSA) is 25.4 Å². The van der Waals surface area contributed by atoms with Gasteiger partial charge in [-0.3, -0.25) is 4.68 Å². The molecule has 3 aromatic rings. The van der Waals surface area contributed by atoms with Gasteiger partial charge in [0.25, 0.3) is 0 Å². The van der Waals surface area contributed by atoms with Crippen LogP contribution in [-0.2, 0) is 7.05 Å². The van der Waals surface area contributed by atoms with Crippen molar-refractivity contribution >= 4 is 28.7 Å². The van der Waals surface area contributed by atoms with Crippen LogP contribution in [0.2, 0.25) is 5.02 Å². The van der Waals surface area contributed by atoms with Crippen molar-refractivity contribution in [2.75, 3.05) is 11.4 Å². The lowest BCUT2D eigenvalue weighted by Gasteiger charge is -2.26. The molecule has 4 nitrogen and oxygen atoms in total. The Morgan fingerprint density at radius 1 is 1.15 bits per heavy atom. The van der Waals surface area contributed by atoms with Crippen LogP contribution in [0.4, 0.5) is 17.1 Å². The molecule has 0 aliphatic heterocycles. The first kappa shape index (κ1) is 18.0. The van der Waals surface area contributed by atoms with E-state index in [0.717, 1.165) is 34.7 Å². The van der Waals surface area contributed by atoms with Crippen LogP contribution in [0.1, 0.15) is 18.1 Å². The molecule has 5 heteroatoms. The maximum atomic E-state index is 7.17. The van der Waals surface area contributed by atoms with Crippen LogP contribution >= 0.6 is 11.6 Å². The van der Waals surface area contributed by atoms with Gasteiger partial charge >= 0.3 is 0 Å². The van der Waals surface area contributed by atoms with Crippen molar-refractivity contribution in [3.63, 3.8) is 0 Å². The molecule has 0 N–H and O–H groups in total. The molecule has 0 amide bonds. The molecule has 0 aliphatic rings. The molecule has 0 atom stereocenters. The predicted molar refractivity (Wildman–Crippen MR) is 109 cm³/mol. The Bertz CT molecular complexity index is 998. The fourth-order valence-electron chi connectivity index (χ4n) is 3.19. The summed E-state index contributed by atoms with van der Waals surface area (Å²) in [4.78, 5) is 5.65. The van der Waals surface area contributed by atoms with Gasteiger partial charge in [-0.1, -0.05) is 29.8 Å². The molecule has 132 valence electrons. The Kier molecular flexibility index (Phi) is 5.01. The molecule has 0 saturated heterocycles. The molecule has 1 aromatic heterocycles. The second kappa shape index (κ2) is 7.23. The van der Waals surface area contributed by atoms with E-state index >= 15 is 0 Å². The van der Waals surface area contributed by atoms with Crippen molar-refractivity contribution in [2.45, 2.75) is 20.8 Å². The summed E-state index contributed by atoms with van der Waals surface area (Å²) in [5, 5.41) is 5.07. The average Bonchev–Trinajstić information content (AvgIpc) is 2.95. The second-order valence-corrected chi connectivity index (χ2v) is 6.73. The van der Waals surface area contributed by atoms with E-state index in [1.807, 2.05) is 30.1 Å². The van der Waals surface area contributed by atoms with Crippen molar-refractivity contribution < 1.29 is 0 Å². The second-order valence-electron chi connectivity index (χ2n) is 6.33. The van der Waals surface area contributed by atoms with E-state index in [2.05, 4.69) is 53.8 Å². The van der Waals surface area contributed by atoms with E-state index in [-0.39, 0.29) is 0 Å². The molecule has 0 saturated carbocycles. The smallest absolute Gasteiger partial charge is 0.205 e. The summed E-state index contributed by atoms with van der Waals surface area (Å²) >= 11 is 6.26. The molecular formula is C21H21ClN4. The number of benzene rings is 2. The maximum absolute atomic E-state index is 7.17. The summed E-state index contributed by atoms with van der Waals surface area (Å²) in [6.45, 7) is 14.2. The number of nitrogens with zero attached hydrogens (tertiary/aromatic N) is 4. The quantitative estimate of drug-likeness (QED) is 0.525. The zero-order valence-electron chi connectivity index (χ0n) is 15.4. The van der Waals surface area contributed by atoms with E-state index < -0.39 is 0 Å². The molecule has 0 aliphatic carbocycles. The van der Waals surface area contributed by atoms with Crippen LogP contribution in [0.15, 0.2) is 42.6 Å². The lowest BCUT2D eigenvalue weighted by atomic mass is 10.0. The van der Waals surface area contributed by atoms with Gasteiger partial charge in [0.05, 0.1) is 12.3 Å². The van der Waals surface area contributed by atoms with E-state index in [4.69, 9.17) is 18.2 Å². The monoisotopic (exact) mass is 364 g/mol. The molecule has 2 aromatic carbocycles. The summed E-state index contributed by atoms with van der Waals surface area (Å²) in [6.07, 6.45) is 2.02. The summed E-state index contributed by atoms with van der Waals surface area (Å²) in [6, 6.07) is 12.0. The lowest BCUT2D eigenvalue weighted by Crippen LogP contribution is -2.17. The molecule has 0 spiro atoms. The van der Waals surface area contributed by atoms with E-state index in [1.165, 1.54) is 5.56 Å². The molecule has 0 unspecified atom stereocenters. The van der Waals surface area contributed by atoms with Gasteiger partial charge in [-0.15, -0.1) is 0 Å². The number of aryl methyl sites for hydroxylation is 3. The predicted octanol–water partition coefficient (Wildman–Crippen LogP) is 6.07. The van der Waals surface area contributed by atoms with Gasteiger partial charge in [0.15, 0.2) is 0 Å². The Morgan fingerprint density at radius 2 is 1.92 bits per heavy atom. The summed E-state index contributed by atoms with van der Waals surface area (Å²) in [5.74, 6) is 0. The minimum absolute atomic E-state index is 0.473. The van der Waals surface area contributed by atoms with Crippen molar-refractivity contribution in [3.05, 3.63) is 70.2 Å². The standard InChI is InChI=1S/C21H21ClN4/c1-6-26(17-9-10-19(23-4)18(22)12-17)20-11-16(8-7-14(20)2)21-15(3)13-25(5)24-21/h7-13H,6H2,1-3,5H3. The Balaban J connectivity index is 2.09. The summed E-state index contributed by atoms with van der Waals surface area (Å²) < 4.78 is 1.84. The van der Waals surface area contributed by atoms with Gasteiger partial charge < -0.3 is 4.90 Å². The average molecular weight is 365 g/mol. The fourth-order valence-corrected chi connectivity index (χ4v) is 3.40. The Labute approximate surface area is 159 Å².